The quantitative estimate of drug-likeness (QED) is 0.578. The first kappa shape index (κ1) is 8.62. The van der Waals surface area contributed by atoms with Crippen molar-refractivity contribution in [1.29, 1.82) is 0 Å². The second kappa shape index (κ2) is 4.41. The lowest BCUT2D eigenvalue weighted by atomic mass is 10.5. The van der Waals surface area contributed by atoms with Gasteiger partial charge in [-0.15, -0.1) is 11.3 Å². The molecule has 2 nitrogen and oxygen atoms in total. The molecule has 0 fully saturated rings. The molecule has 0 aliphatic rings. The van der Waals surface area contributed by atoms with Gasteiger partial charge in [-0.2, -0.15) is 12.6 Å². The molecule has 1 aromatic heterocycles. The predicted octanol–water partition coefficient (Wildman–Crippen LogP) is 1.83. The number of ether oxygens (including phenoxy) is 1. The molecule has 0 N–H and O–H groups in total. The van der Waals surface area contributed by atoms with E-state index >= 15 is 0 Å². The Hall–Kier alpha value is -0.480. The minimum atomic E-state index is -0.256. The van der Waals surface area contributed by atoms with Crippen molar-refractivity contribution in [3.05, 3.63) is 22.4 Å². The number of thiol groups is 1. The molecule has 0 saturated heterocycles. The van der Waals surface area contributed by atoms with Gasteiger partial charge in [0.15, 0.2) is 0 Å². The number of esters is 1. The molecule has 0 unspecified atom stereocenters. The van der Waals surface area contributed by atoms with Crippen LogP contribution in [-0.4, -0.2) is 18.3 Å². The van der Waals surface area contributed by atoms with E-state index in [4.69, 9.17) is 4.74 Å². The Balaban J connectivity index is 2.43. The average Bonchev–Trinajstić information content (AvgIpc) is 2.52. The van der Waals surface area contributed by atoms with E-state index in [9.17, 15) is 4.79 Å². The second-order valence-electron chi connectivity index (χ2n) is 1.84. The van der Waals surface area contributed by atoms with Crippen LogP contribution in [0.15, 0.2) is 17.5 Å². The van der Waals surface area contributed by atoms with Crippen molar-refractivity contribution in [2.24, 2.45) is 0 Å². The minimum absolute atomic E-state index is 0.256. The van der Waals surface area contributed by atoms with Crippen LogP contribution in [0.4, 0.5) is 0 Å². The molecule has 60 valence electrons. The normalized spacial score (nSPS) is 9.55. The summed E-state index contributed by atoms with van der Waals surface area (Å²) in [5.41, 5.74) is 0. The van der Waals surface area contributed by atoms with E-state index in [0.717, 1.165) is 0 Å². The van der Waals surface area contributed by atoms with Crippen LogP contribution in [0, 0.1) is 0 Å². The van der Waals surface area contributed by atoms with Gasteiger partial charge < -0.3 is 4.74 Å². The van der Waals surface area contributed by atoms with Gasteiger partial charge >= 0.3 is 5.97 Å². The summed E-state index contributed by atoms with van der Waals surface area (Å²) in [6, 6.07) is 3.56. The van der Waals surface area contributed by atoms with Crippen LogP contribution in [0.25, 0.3) is 0 Å². The Morgan fingerprint density at radius 1 is 1.73 bits per heavy atom. The monoisotopic (exact) mass is 188 g/mol. The molecule has 0 amide bonds. The summed E-state index contributed by atoms with van der Waals surface area (Å²) in [5.74, 6) is 0.311. The van der Waals surface area contributed by atoms with Crippen molar-refractivity contribution < 1.29 is 9.53 Å². The van der Waals surface area contributed by atoms with Crippen molar-refractivity contribution in [2.45, 2.75) is 0 Å². The van der Waals surface area contributed by atoms with Gasteiger partial charge in [0.05, 0.1) is 0 Å². The van der Waals surface area contributed by atoms with Crippen LogP contribution in [0.3, 0.4) is 0 Å². The van der Waals surface area contributed by atoms with Crippen LogP contribution in [0.1, 0.15) is 9.67 Å². The first-order valence-electron chi connectivity index (χ1n) is 3.16. The van der Waals surface area contributed by atoms with Gasteiger partial charge in [0, 0.05) is 5.75 Å². The third-order valence-corrected chi connectivity index (χ3v) is 2.08. The van der Waals surface area contributed by atoms with Gasteiger partial charge in [-0.25, -0.2) is 4.79 Å². The van der Waals surface area contributed by atoms with E-state index in [1.165, 1.54) is 11.3 Å². The molecule has 4 heteroatoms. The largest absolute Gasteiger partial charge is 0.461 e. The zero-order valence-corrected chi connectivity index (χ0v) is 7.53. The molecule has 0 bridgehead atoms. The maximum atomic E-state index is 11.0. The molecule has 11 heavy (non-hydrogen) atoms. The summed E-state index contributed by atoms with van der Waals surface area (Å²) in [4.78, 5) is 11.7. The number of hydrogen-bond acceptors (Lipinski definition) is 4. The summed E-state index contributed by atoms with van der Waals surface area (Å²) in [5, 5.41) is 1.84. The maximum Gasteiger partial charge on any atom is 0.348 e. The molecule has 0 atom stereocenters. The van der Waals surface area contributed by atoms with E-state index in [1.807, 2.05) is 11.4 Å². The summed E-state index contributed by atoms with van der Waals surface area (Å²) in [7, 11) is 0. The summed E-state index contributed by atoms with van der Waals surface area (Å²) >= 11 is 5.30. The summed E-state index contributed by atoms with van der Waals surface area (Å²) in [6.45, 7) is 0.375. The van der Waals surface area contributed by atoms with Crippen LogP contribution < -0.4 is 0 Å². The predicted molar refractivity (Wildman–Crippen MR) is 48.5 cm³/mol. The zero-order valence-electron chi connectivity index (χ0n) is 5.82. The topological polar surface area (TPSA) is 26.3 Å². The fourth-order valence-corrected chi connectivity index (χ4v) is 1.31. The lowest BCUT2D eigenvalue weighted by molar-refractivity contribution is 0.0536. The molecule has 0 radical (unpaired) electrons. The van der Waals surface area contributed by atoms with Crippen LogP contribution in [0.2, 0.25) is 0 Å². The van der Waals surface area contributed by atoms with Gasteiger partial charge in [-0.05, 0) is 11.4 Å². The fraction of sp³-hybridized carbons (Fsp3) is 0.286. The number of carbonyl (C=O) groups excluding carboxylic acids is 1. The minimum Gasteiger partial charge on any atom is -0.461 e. The van der Waals surface area contributed by atoms with E-state index in [2.05, 4.69) is 12.6 Å². The lowest BCUT2D eigenvalue weighted by Gasteiger charge is -1.98. The molecule has 0 aliphatic heterocycles. The third-order valence-electron chi connectivity index (χ3n) is 1.05. The van der Waals surface area contributed by atoms with E-state index in [-0.39, 0.29) is 5.97 Å². The number of carbonyl (C=O) groups is 1. The van der Waals surface area contributed by atoms with Crippen molar-refractivity contribution >= 4 is 29.9 Å². The molecule has 1 heterocycles. The smallest absolute Gasteiger partial charge is 0.348 e. The van der Waals surface area contributed by atoms with Crippen molar-refractivity contribution in [3.63, 3.8) is 0 Å². The highest BCUT2D eigenvalue weighted by atomic mass is 32.1. The molecule has 1 aromatic rings. The Morgan fingerprint density at radius 3 is 3.09 bits per heavy atom. The summed E-state index contributed by atoms with van der Waals surface area (Å²) < 4.78 is 4.83. The number of thiophene rings is 1. The van der Waals surface area contributed by atoms with Crippen LogP contribution in [0.5, 0.6) is 0 Å². The molecule has 0 aromatic carbocycles. The Morgan fingerprint density at radius 2 is 2.55 bits per heavy atom. The average molecular weight is 188 g/mol. The Kier molecular flexibility index (Phi) is 3.45. The van der Waals surface area contributed by atoms with Gasteiger partial charge in [-0.1, -0.05) is 6.07 Å². The molecular weight excluding hydrogens is 180 g/mol. The standard InChI is InChI=1S/C7H8O2S2/c8-7(9-3-4-10)6-2-1-5-11-6/h1-2,5,10H,3-4H2. The number of hydrogen-bond donors (Lipinski definition) is 1. The Labute approximate surface area is 74.6 Å². The highest BCUT2D eigenvalue weighted by molar-refractivity contribution is 7.80. The highest BCUT2D eigenvalue weighted by Gasteiger charge is 2.05. The SMILES string of the molecule is O=C(OCCS)c1cccs1. The van der Waals surface area contributed by atoms with Gasteiger partial charge in [0.25, 0.3) is 0 Å². The molecule has 0 aliphatic carbocycles. The first-order chi connectivity index (χ1) is 5.34. The van der Waals surface area contributed by atoms with Crippen molar-refractivity contribution in [3.8, 4) is 0 Å². The Bertz CT molecular complexity index is 218. The van der Waals surface area contributed by atoms with Crippen LogP contribution >= 0.6 is 24.0 Å². The molecular formula is C7H8O2S2. The molecule has 1 rings (SSSR count). The third kappa shape index (κ3) is 2.55. The van der Waals surface area contributed by atoms with Gasteiger partial charge in [0.1, 0.15) is 11.5 Å². The van der Waals surface area contributed by atoms with Gasteiger partial charge in [-0.3, -0.25) is 0 Å². The van der Waals surface area contributed by atoms with Crippen molar-refractivity contribution in [1.82, 2.24) is 0 Å². The van der Waals surface area contributed by atoms with Gasteiger partial charge in [0.2, 0.25) is 0 Å². The van der Waals surface area contributed by atoms with Crippen molar-refractivity contribution in [2.75, 3.05) is 12.4 Å². The first-order valence-corrected chi connectivity index (χ1v) is 4.67. The van der Waals surface area contributed by atoms with E-state index < -0.39 is 0 Å². The lowest BCUT2D eigenvalue weighted by Crippen LogP contribution is -2.04. The van der Waals surface area contributed by atoms with E-state index in [1.54, 1.807) is 6.07 Å². The van der Waals surface area contributed by atoms with Crippen LogP contribution in [-0.2, 0) is 4.74 Å². The summed E-state index contributed by atoms with van der Waals surface area (Å²) in [6.07, 6.45) is 0. The second-order valence-corrected chi connectivity index (χ2v) is 3.23. The maximum absolute atomic E-state index is 11.0. The fourth-order valence-electron chi connectivity index (χ4n) is 0.604. The highest BCUT2D eigenvalue weighted by Crippen LogP contribution is 2.09. The van der Waals surface area contributed by atoms with E-state index in [0.29, 0.717) is 17.2 Å². The molecule has 0 saturated carbocycles. The zero-order chi connectivity index (χ0) is 8.10. The number of rotatable bonds is 3. The molecule has 0 spiro atoms.